The normalized spacial score (nSPS) is 22.7. The predicted octanol–water partition coefficient (Wildman–Crippen LogP) is 0.636. The van der Waals surface area contributed by atoms with Gasteiger partial charge in [-0.1, -0.05) is 30.3 Å². The van der Waals surface area contributed by atoms with Gasteiger partial charge in [-0.3, -0.25) is 0 Å². The highest BCUT2D eigenvalue weighted by Crippen LogP contribution is 2.06. The molecule has 2 atom stereocenters. The van der Waals surface area contributed by atoms with Gasteiger partial charge in [-0.25, -0.2) is 4.79 Å². The third kappa shape index (κ3) is 3.72. The van der Waals surface area contributed by atoms with Crippen LogP contribution in [-0.4, -0.2) is 36.4 Å². The number of benzene rings is 1. The highest BCUT2D eigenvalue weighted by Gasteiger charge is 2.24. The number of rotatable bonds is 4. The smallest absolute Gasteiger partial charge is 0.407 e. The number of carbonyl (C=O) groups is 1. The van der Waals surface area contributed by atoms with Crippen molar-refractivity contribution >= 4 is 6.09 Å². The van der Waals surface area contributed by atoms with Gasteiger partial charge in [-0.2, -0.15) is 0 Å². The topological polar surface area (TPSA) is 70.6 Å². The zero-order chi connectivity index (χ0) is 12.8. The zero-order valence-electron chi connectivity index (χ0n) is 10.1. The average Bonchev–Trinajstić information content (AvgIpc) is 2.85. The van der Waals surface area contributed by atoms with Crippen LogP contribution in [0.1, 0.15) is 12.0 Å². The van der Waals surface area contributed by atoms with Gasteiger partial charge < -0.3 is 20.5 Å². The molecule has 0 bridgehead atoms. The van der Waals surface area contributed by atoms with Crippen molar-refractivity contribution in [2.75, 3.05) is 13.2 Å². The Kier molecular flexibility index (Phi) is 4.55. The number of amides is 1. The van der Waals surface area contributed by atoms with Crippen LogP contribution in [0.4, 0.5) is 4.79 Å². The number of alkyl carbamates (subject to hydrolysis) is 1. The number of hydrogen-bond acceptors (Lipinski definition) is 4. The Morgan fingerprint density at radius 3 is 2.89 bits per heavy atom. The van der Waals surface area contributed by atoms with Gasteiger partial charge in [0.1, 0.15) is 6.61 Å². The molecule has 0 aromatic heterocycles. The number of carbonyl (C=O) groups excluding carboxylic acids is 1. The molecule has 0 aliphatic carbocycles. The minimum atomic E-state index is -0.413. The molecule has 1 aromatic carbocycles. The molecule has 0 saturated carbocycles. The van der Waals surface area contributed by atoms with Gasteiger partial charge in [0.25, 0.3) is 0 Å². The van der Waals surface area contributed by atoms with Crippen LogP contribution in [0.5, 0.6) is 0 Å². The first kappa shape index (κ1) is 12.9. The van der Waals surface area contributed by atoms with Gasteiger partial charge in [0.2, 0.25) is 0 Å². The van der Waals surface area contributed by atoms with Crippen molar-refractivity contribution in [1.82, 2.24) is 10.6 Å². The molecule has 0 spiro atoms. The van der Waals surface area contributed by atoms with E-state index in [0.717, 1.165) is 12.0 Å². The first-order valence-corrected chi connectivity index (χ1v) is 6.09. The van der Waals surface area contributed by atoms with Gasteiger partial charge in [-0.05, 0) is 12.0 Å². The minimum absolute atomic E-state index is 0.0328. The Labute approximate surface area is 106 Å². The van der Waals surface area contributed by atoms with Crippen molar-refractivity contribution in [3.05, 3.63) is 35.9 Å². The molecule has 1 saturated heterocycles. The van der Waals surface area contributed by atoms with E-state index in [-0.39, 0.29) is 25.3 Å². The molecule has 1 aliphatic heterocycles. The van der Waals surface area contributed by atoms with Crippen LogP contribution in [-0.2, 0) is 11.3 Å². The Morgan fingerprint density at radius 2 is 2.22 bits per heavy atom. The van der Waals surface area contributed by atoms with E-state index in [1.54, 1.807) is 0 Å². The number of ether oxygens (including phenoxy) is 1. The lowest BCUT2D eigenvalue weighted by molar-refractivity contribution is 0.136. The maximum atomic E-state index is 11.5. The quantitative estimate of drug-likeness (QED) is 0.733. The second-order valence-electron chi connectivity index (χ2n) is 4.43. The Bertz CT molecular complexity index is 383. The molecule has 0 radical (unpaired) electrons. The first-order chi connectivity index (χ1) is 8.78. The molecule has 1 fully saturated rings. The van der Waals surface area contributed by atoms with Crippen LogP contribution in [0, 0.1) is 0 Å². The molecule has 3 N–H and O–H groups in total. The van der Waals surface area contributed by atoms with Gasteiger partial charge in [0.15, 0.2) is 0 Å². The fraction of sp³-hybridized carbons (Fsp3) is 0.462. The molecule has 1 aliphatic rings. The average molecular weight is 250 g/mol. The molecule has 5 heteroatoms. The van der Waals surface area contributed by atoms with E-state index in [1.807, 2.05) is 30.3 Å². The molecule has 1 amide bonds. The van der Waals surface area contributed by atoms with Crippen LogP contribution >= 0.6 is 0 Å². The van der Waals surface area contributed by atoms with E-state index in [4.69, 9.17) is 9.84 Å². The molecule has 1 heterocycles. The SMILES string of the molecule is O=C(N[C@H]1CNC(CO)C1)OCc1ccccc1. The third-order valence-electron chi connectivity index (χ3n) is 2.98. The molecular weight excluding hydrogens is 232 g/mol. The molecule has 5 nitrogen and oxygen atoms in total. The van der Waals surface area contributed by atoms with Crippen molar-refractivity contribution in [1.29, 1.82) is 0 Å². The van der Waals surface area contributed by atoms with E-state index >= 15 is 0 Å². The zero-order valence-corrected chi connectivity index (χ0v) is 10.1. The molecule has 98 valence electrons. The van der Waals surface area contributed by atoms with E-state index in [2.05, 4.69) is 10.6 Å². The largest absolute Gasteiger partial charge is 0.445 e. The van der Waals surface area contributed by atoms with Crippen molar-refractivity contribution in [2.24, 2.45) is 0 Å². The fourth-order valence-corrected chi connectivity index (χ4v) is 2.00. The monoisotopic (exact) mass is 250 g/mol. The number of aliphatic hydroxyl groups is 1. The van der Waals surface area contributed by atoms with Crippen molar-refractivity contribution in [3.63, 3.8) is 0 Å². The molecule has 2 rings (SSSR count). The maximum absolute atomic E-state index is 11.5. The first-order valence-electron chi connectivity index (χ1n) is 6.09. The van der Waals surface area contributed by atoms with Gasteiger partial charge in [0.05, 0.1) is 6.61 Å². The van der Waals surface area contributed by atoms with Gasteiger partial charge in [-0.15, -0.1) is 0 Å². The van der Waals surface area contributed by atoms with E-state index in [9.17, 15) is 4.79 Å². The highest BCUT2D eigenvalue weighted by molar-refractivity contribution is 5.67. The summed E-state index contributed by atoms with van der Waals surface area (Å²) in [5, 5.41) is 14.9. The predicted molar refractivity (Wildman–Crippen MR) is 67.0 cm³/mol. The third-order valence-corrected chi connectivity index (χ3v) is 2.98. The fourth-order valence-electron chi connectivity index (χ4n) is 2.00. The summed E-state index contributed by atoms with van der Waals surface area (Å²) in [7, 11) is 0. The van der Waals surface area contributed by atoms with Crippen LogP contribution in [0.3, 0.4) is 0 Å². The molecular formula is C13H18N2O3. The van der Waals surface area contributed by atoms with Crippen molar-refractivity contribution < 1.29 is 14.6 Å². The van der Waals surface area contributed by atoms with Crippen molar-refractivity contribution in [2.45, 2.75) is 25.1 Å². The Hall–Kier alpha value is -1.59. The van der Waals surface area contributed by atoms with E-state index < -0.39 is 6.09 Å². The Morgan fingerprint density at radius 1 is 1.44 bits per heavy atom. The molecule has 18 heavy (non-hydrogen) atoms. The summed E-state index contributed by atoms with van der Waals surface area (Å²) >= 11 is 0. The minimum Gasteiger partial charge on any atom is -0.445 e. The van der Waals surface area contributed by atoms with Crippen LogP contribution in [0.2, 0.25) is 0 Å². The maximum Gasteiger partial charge on any atom is 0.407 e. The summed E-state index contributed by atoms with van der Waals surface area (Å²) in [6, 6.07) is 9.66. The van der Waals surface area contributed by atoms with Crippen LogP contribution < -0.4 is 10.6 Å². The second kappa shape index (κ2) is 6.37. The highest BCUT2D eigenvalue weighted by atomic mass is 16.5. The lowest BCUT2D eigenvalue weighted by Gasteiger charge is -2.12. The van der Waals surface area contributed by atoms with Crippen LogP contribution in [0.25, 0.3) is 0 Å². The van der Waals surface area contributed by atoms with Gasteiger partial charge in [0, 0.05) is 18.6 Å². The summed E-state index contributed by atoms with van der Waals surface area (Å²) in [5.74, 6) is 0. The lowest BCUT2D eigenvalue weighted by Crippen LogP contribution is -2.36. The summed E-state index contributed by atoms with van der Waals surface area (Å²) in [6.07, 6.45) is 0.320. The lowest BCUT2D eigenvalue weighted by atomic mass is 10.2. The number of nitrogens with one attached hydrogen (secondary N) is 2. The van der Waals surface area contributed by atoms with Crippen LogP contribution in [0.15, 0.2) is 30.3 Å². The summed E-state index contributed by atoms with van der Waals surface area (Å²) < 4.78 is 5.12. The summed E-state index contributed by atoms with van der Waals surface area (Å²) in [6.45, 7) is 1.04. The molecule has 1 aromatic rings. The summed E-state index contributed by atoms with van der Waals surface area (Å²) in [5.41, 5.74) is 0.963. The Balaban J connectivity index is 1.70. The standard InChI is InChI=1S/C13H18N2O3/c16-8-12-6-11(7-14-12)15-13(17)18-9-10-4-2-1-3-5-10/h1-5,11-12,14,16H,6-9H2,(H,15,17)/t11-,12?/m1/s1. The summed E-state index contributed by atoms with van der Waals surface area (Å²) in [4.78, 5) is 11.5. The van der Waals surface area contributed by atoms with E-state index in [0.29, 0.717) is 6.54 Å². The number of aliphatic hydroxyl groups excluding tert-OH is 1. The second-order valence-corrected chi connectivity index (χ2v) is 4.43. The van der Waals surface area contributed by atoms with E-state index in [1.165, 1.54) is 0 Å². The molecule has 1 unspecified atom stereocenters. The van der Waals surface area contributed by atoms with Crippen molar-refractivity contribution in [3.8, 4) is 0 Å². The van der Waals surface area contributed by atoms with Gasteiger partial charge >= 0.3 is 6.09 Å². The number of hydrogen-bond donors (Lipinski definition) is 3.